The van der Waals surface area contributed by atoms with Gasteiger partial charge in [-0.3, -0.25) is 9.69 Å². The number of carbonyl (C=O) groups excluding carboxylic acids is 1. The molecule has 1 aliphatic rings. The lowest BCUT2D eigenvalue weighted by Gasteiger charge is -2.15. The number of hydrogen-bond donors (Lipinski definition) is 2. The van der Waals surface area contributed by atoms with E-state index >= 15 is 0 Å². The Hall–Kier alpha value is -1.70. The predicted molar refractivity (Wildman–Crippen MR) is 65.8 cm³/mol. The molecule has 0 aliphatic carbocycles. The van der Waals surface area contributed by atoms with E-state index in [-0.39, 0.29) is 16.7 Å². The van der Waals surface area contributed by atoms with Crippen molar-refractivity contribution in [3.05, 3.63) is 6.33 Å². The van der Waals surface area contributed by atoms with Crippen LogP contribution < -0.4 is 10.6 Å². The predicted octanol–water partition coefficient (Wildman–Crippen LogP) is 0.435. The number of imidazole rings is 1. The summed E-state index contributed by atoms with van der Waals surface area (Å²) in [5.74, 6) is 0.628. The quantitative estimate of drug-likeness (QED) is 0.744. The molecule has 1 unspecified atom stereocenters. The summed E-state index contributed by atoms with van der Waals surface area (Å²) < 4.78 is 0. The van der Waals surface area contributed by atoms with Crippen LogP contribution in [-0.2, 0) is 4.79 Å². The van der Waals surface area contributed by atoms with Crippen LogP contribution >= 0.6 is 15.9 Å². The Morgan fingerprint density at radius 1 is 1.53 bits per heavy atom. The molecule has 1 fully saturated rings. The molecule has 88 valence electrons. The number of rotatable bonds is 1. The molecule has 0 bridgehead atoms. The Morgan fingerprint density at radius 3 is 3.06 bits per heavy atom. The maximum Gasteiger partial charge on any atom is 0.229 e. The van der Waals surface area contributed by atoms with E-state index in [1.807, 2.05) is 0 Å². The molecule has 1 atom stereocenters. The number of nitrogens with zero attached hydrogens (tertiary/aromatic N) is 4. The largest absolute Gasteiger partial charge is 0.368 e. The van der Waals surface area contributed by atoms with Crippen LogP contribution in [0.4, 0.5) is 11.8 Å². The van der Waals surface area contributed by atoms with Gasteiger partial charge in [-0.15, -0.1) is 0 Å². The first-order valence-corrected chi connectivity index (χ1v) is 5.98. The van der Waals surface area contributed by atoms with Crippen molar-refractivity contribution >= 4 is 44.8 Å². The van der Waals surface area contributed by atoms with Crippen molar-refractivity contribution in [1.82, 2.24) is 19.9 Å². The first-order chi connectivity index (χ1) is 8.15. The molecule has 0 saturated carbocycles. The zero-order chi connectivity index (χ0) is 12.0. The van der Waals surface area contributed by atoms with Crippen LogP contribution in [0.5, 0.6) is 0 Å². The van der Waals surface area contributed by atoms with Crippen LogP contribution in [0, 0.1) is 0 Å². The molecule has 0 radical (unpaired) electrons. The molecule has 0 spiro atoms. The van der Waals surface area contributed by atoms with E-state index in [0.29, 0.717) is 29.9 Å². The lowest BCUT2D eigenvalue weighted by molar-refractivity contribution is -0.117. The van der Waals surface area contributed by atoms with Gasteiger partial charge in [0.2, 0.25) is 11.9 Å². The minimum absolute atomic E-state index is 0.0147. The third-order valence-electron chi connectivity index (χ3n) is 2.62. The van der Waals surface area contributed by atoms with Crippen LogP contribution in [0.3, 0.4) is 0 Å². The summed E-state index contributed by atoms with van der Waals surface area (Å²) in [5.41, 5.74) is 6.71. The first kappa shape index (κ1) is 10.5. The fourth-order valence-electron chi connectivity index (χ4n) is 1.90. The minimum Gasteiger partial charge on any atom is -0.368 e. The SMILES string of the molecule is Nc1nc(N2CC(Br)CC2=O)c2[nH]cnc2n1. The Kier molecular flexibility index (Phi) is 2.25. The second-order valence-electron chi connectivity index (χ2n) is 3.81. The second-order valence-corrected chi connectivity index (χ2v) is 5.11. The minimum atomic E-state index is 0.0147. The molecule has 2 aromatic heterocycles. The number of fused-ring (bicyclic) bond motifs is 1. The number of aromatic nitrogens is 4. The van der Waals surface area contributed by atoms with E-state index in [1.165, 1.54) is 6.33 Å². The summed E-state index contributed by atoms with van der Waals surface area (Å²) in [7, 11) is 0. The molecule has 0 aromatic carbocycles. The van der Waals surface area contributed by atoms with Crippen LogP contribution in [0.1, 0.15) is 6.42 Å². The molecule has 3 heterocycles. The van der Waals surface area contributed by atoms with E-state index in [9.17, 15) is 4.79 Å². The number of amides is 1. The second kappa shape index (κ2) is 3.66. The van der Waals surface area contributed by atoms with E-state index in [0.717, 1.165) is 0 Å². The molecule has 3 N–H and O–H groups in total. The molecule has 1 amide bonds. The number of anilines is 2. The van der Waals surface area contributed by atoms with Crippen molar-refractivity contribution < 1.29 is 4.79 Å². The number of nitrogens with two attached hydrogens (primary N) is 1. The molecule has 7 nitrogen and oxygen atoms in total. The number of aromatic amines is 1. The zero-order valence-corrected chi connectivity index (χ0v) is 10.3. The number of hydrogen-bond acceptors (Lipinski definition) is 5. The van der Waals surface area contributed by atoms with Crippen LogP contribution in [0.25, 0.3) is 11.2 Å². The molecule has 2 aromatic rings. The first-order valence-electron chi connectivity index (χ1n) is 5.06. The van der Waals surface area contributed by atoms with Gasteiger partial charge in [-0.2, -0.15) is 9.97 Å². The number of H-pyrrole nitrogens is 1. The zero-order valence-electron chi connectivity index (χ0n) is 8.72. The van der Waals surface area contributed by atoms with E-state index < -0.39 is 0 Å². The number of halogens is 1. The van der Waals surface area contributed by atoms with Crippen molar-refractivity contribution in [1.29, 1.82) is 0 Å². The van der Waals surface area contributed by atoms with Crippen molar-refractivity contribution in [2.75, 3.05) is 17.2 Å². The fourth-order valence-corrected chi connectivity index (χ4v) is 2.46. The highest BCUT2D eigenvalue weighted by molar-refractivity contribution is 9.09. The number of nitrogens with one attached hydrogen (secondary N) is 1. The van der Waals surface area contributed by atoms with Crippen LogP contribution in [-0.4, -0.2) is 37.2 Å². The number of carbonyl (C=O) groups is 1. The monoisotopic (exact) mass is 296 g/mol. The molecular formula is C9H9BrN6O. The average molecular weight is 297 g/mol. The highest BCUT2D eigenvalue weighted by Gasteiger charge is 2.31. The van der Waals surface area contributed by atoms with Crippen molar-refractivity contribution in [3.63, 3.8) is 0 Å². The summed E-state index contributed by atoms with van der Waals surface area (Å²) >= 11 is 3.43. The maximum absolute atomic E-state index is 11.8. The highest BCUT2D eigenvalue weighted by atomic mass is 79.9. The van der Waals surface area contributed by atoms with Crippen molar-refractivity contribution in [2.24, 2.45) is 0 Å². The van der Waals surface area contributed by atoms with Gasteiger partial charge in [0.05, 0.1) is 6.33 Å². The van der Waals surface area contributed by atoms with Crippen LogP contribution in [0.2, 0.25) is 0 Å². The Morgan fingerprint density at radius 2 is 2.35 bits per heavy atom. The van der Waals surface area contributed by atoms with Crippen molar-refractivity contribution in [3.8, 4) is 0 Å². The highest BCUT2D eigenvalue weighted by Crippen LogP contribution is 2.28. The maximum atomic E-state index is 11.8. The van der Waals surface area contributed by atoms with Gasteiger partial charge in [0, 0.05) is 17.8 Å². The van der Waals surface area contributed by atoms with Gasteiger partial charge in [-0.1, -0.05) is 15.9 Å². The normalized spacial score (nSPS) is 20.4. The van der Waals surface area contributed by atoms with Gasteiger partial charge in [0.1, 0.15) is 5.52 Å². The summed E-state index contributed by atoms with van der Waals surface area (Å²) in [4.78, 5) is 28.6. The van der Waals surface area contributed by atoms with E-state index in [2.05, 4.69) is 35.9 Å². The molecule has 3 rings (SSSR count). The molecule has 8 heteroatoms. The Labute approximate surface area is 105 Å². The average Bonchev–Trinajstić information content (AvgIpc) is 2.83. The fraction of sp³-hybridized carbons (Fsp3) is 0.333. The van der Waals surface area contributed by atoms with Gasteiger partial charge in [-0.05, 0) is 0 Å². The van der Waals surface area contributed by atoms with Gasteiger partial charge in [0.15, 0.2) is 11.5 Å². The topological polar surface area (TPSA) is 101 Å². The third-order valence-corrected chi connectivity index (χ3v) is 3.23. The van der Waals surface area contributed by atoms with E-state index in [4.69, 9.17) is 5.73 Å². The van der Waals surface area contributed by atoms with Gasteiger partial charge in [-0.25, -0.2) is 4.98 Å². The van der Waals surface area contributed by atoms with Crippen molar-refractivity contribution in [2.45, 2.75) is 11.2 Å². The number of nitrogen functional groups attached to an aromatic ring is 1. The lowest BCUT2D eigenvalue weighted by Crippen LogP contribution is -2.26. The summed E-state index contributed by atoms with van der Waals surface area (Å²) in [6.45, 7) is 0.573. The van der Waals surface area contributed by atoms with Gasteiger partial charge >= 0.3 is 0 Å². The van der Waals surface area contributed by atoms with Gasteiger partial charge < -0.3 is 10.7 Å². The summed E-state index contributed by atoms with van der Waals surface area (Å²) in [6, 6.07) is 0. The van der Waals surface area contributed by atoms with Gasteiger partial charge in [0.25, 0.3) is 0 Å². The standard InChI is InChI=1S/C9H9BrN6O/c10-4-1-5(17)16(2-4)8-6-7(13-3-12-6)14-9(11)15-8/h3-4H,1-2H2,(H3,11,12,13,14,15). The lowest BCUT2D eigenvalue weighted by atomic mass is 10.4. The summed E-state index contributed by atoms with van der Waals surface area (Å²) in [5, 5.41) is 0. The smallest absolute Gasteiger partial charge is 0.229 e. The Balaban J connectivity index is 2.16. The Bertz CT molecular complexity index is 596. The molecular weight excluding hydrogens is 288 g/mol. The molecule has 1 saturated heterocycles. The van der Waals surface area contributed by atoms with Crippen LogP contribution in [0.15, 0.2) is 6.33 Å². The molecule has 17 heavy (non-hydrogen) atoms. The third kappa shape index (κ3) is 1.64. The number of alkyl halides is 1. The molecule has 1 aliphatic heterocycles. The summed E-state index contributed by atoms with van der Waals surface area (Å²) in [6.07, 6.45) is 1.97. The van der Waals surface area contributed by atoms with E-state index in [1.54, 1.807) is 4.90 Å².